The van der Waals surface area contributed by atoms with Crippen molar-refractivity contribution in [1.82, 2.24) is 0 Å². The summed E-state index contributed by atoms with van der Waals surface area (Å²) in [6, 6.07) is 0. The van der Waals surface area contributed by atoms with Crippen LogP contribution in [0.1, 0.15) is 20.3 Å². The average molecular weight is 170 g/mol. The molecule has 64 valence electrons. The van der Waals surface area contributed by atoms with Crippen LogP contribution in [0, 0.1) is 12.3 Å². The Morgan fingerprint density at radius 1 is 1.45 bits per heavy atom. The van der Waals surface area contributed by atoms with Crippen LogP contribution in [0.4, 0.5) is 0 Å². The monoisotopic (exact) mass is 170 g/mol. The molecule has 2 heteroatoms. The van der Waals surface area contributed by atoms with E-state index in [0.717, 1.165) is 6.42 Å². The molecule has 0 unspecified atom stereocenters. The van der Waals surface area contributed by atoms with Crippen LogP contribution in [0.3, 0.4) is 0 Å². The van der Waals surface area contributed by atoms with Crippen molar-refractivity contribution in [3.63, 3.8) is 0 Å². The van der Waals surface area contributed by atoms with Crippen LogP contribution in [0.5, 0.6) is 0 Å². The highest BCUT2D eigenvalue weighted by atomic mass is 28.4. The van der Waals surface area contributed by atoms with Gasteiger partial charge in [-0.15, -0.1) is 6.42 Å². The lowest BCUT2D eigenvalue weighted by atomic mass is 10.1. The van der Waals surface area contributed by atoms with Gasteiger partial charge in [0, 0.05) is 0 Å². The topological polar surface area (TPSA) is 9.23 Å². The van der Waals surface area contributed by atoms with Crippen molar-refractivity contribution in [2.24, 2.45) is 0 Å². The fourth-order valence-corrected chi connectivity index (χ4v) is 2.43. The molecule has 0 rings (SSSR count). The highest BCUT2D eigenvalue weighted by Crippen LogP contribution is 2.19. The summed E-state index contributed by atoms with van der Waals surface area (Å²) in [6.45, 7) is 10.5. The van der Waals surface area contributed by atoms with Crippen LogP contribution in [-0.2, 0) is 4.43 Å². The summed E-state index contributed by atoms with van der Waals surface area (Å²) in [6.07, 6.45) is 6.25. The van der Waals surface area contributed by atoms with Gasteiger partial charge >= 0.3 is 0 Å². The Labute approximate surface area is 71.3 Å². The van der Waals surface area contributed by atoms with Crippen molar-refractivity contribution >= 4 is 8.32 Å². The second-order valence-corrected chi connectivity index (χ2v) is 8.37. The first-order valence-electron chi connectivity index (χ1n) is 4.01. The standard InChI is InChI=1S/C9H18OSi/c1-7-9(3,8-2)10-11(4,5)6/h1H,8H2,2-6H3/t9-/m1/s1. The zero-order valence-electron chi connectivity index (χ0n) is 8.19. The van der Waals surface area contributed by atoms with E-state index in [1.165, 1.54) is 0 Å². The maximum Gasteiger partial charge on any atom is 0.185 e. The quantitative estimate of drug-likeness (QED) is 0.467. The maximum atomic E-state index is 5.83. The van der Waals surface area contributed by atoms with Gasteiger partial charge in [0.2, 0.25) is 0 Å². The molecule has 0 aromatic carbocycles. The molecule has 0 fully saturated rings. The molecule has 0 N–H and O–H groups in total. The molecule has 0 aliphatic carbocycles. The van der Waals surface area contributed by atoms with Crippen LogP contribution in [0.25, 0.3) is 0 Å². The van der Waals surface area contributed by atoms with E-state index in [4.69, 9.17) is 10.8 Å². The predicted molar refractivity (Wildman–Crippen MR) is 52.0 cm³/mol. The van der Waals surface area contributed by atoms with Gasteiger partial charge in [-0.25, -0.2) is 0 Å². The molecular formula is C9H18OSi. The van der Waals surface area contributed by atoms with Gasteiger partial charge in [0.15, 0.2) is 8.32 Å². The molecule has 0 amide bonds. The summed E-state index contributed by atoms with van der Waals surface area (Å²) in [4.78, 5) is 0. The summed E-state index contributed by atoms with van der Waals surface area (Å²) < 4.78 is 5.83. The number of hydrogen-bond acceptors (Lipinski definition) is 1. The zero-order chi connectivity index (χ0) is 9.12. The largest absolute Gasteiger partial charge is 0.402 e. The Morgan fingerprint density at radius 2 is 1.91 bits per heavy atom. The first-order valence-corrected chi connectivity index (χ1v) is 7.42. The van der Waals surface area contributed by atoms with Gasteiger partial charge in [-0.2, -0.15) is 0 Å². The summed E-state index contributed by atoms with van der Waals surface area (Å²) >= 11 is 0. The molecule has 0 spiro atoms. The van der Waals surface area contributed by atoms with Gasteiger partial charge in [0.05, 0.1) is 0 Å². The minimum absolute atomic E-state index is 0.343. The van der Waals surface area contributed by atoms with E-state index in [1.54, 1.807) is 0 Å². The second-order valence-electron chi connectivity index (χ2n) is 3.94. The van der Waals surface area contributed by atoms with Crippen LogP contribution < -0.4 is 0 Å². The molecule has 0 radical (unpaired) electrons. The van der Waals surface area contributed by atoms with Crippen LogP contribution in [-0.4, -0.2) is 13.9 Å². The van der Waals surface area contributed by atoms with Crippen LogP contribution in [0.2, 0.25) is 19.6 Å². The summed E-state index contributed by atoms with van der Waals surface area (Å²) in [5, 5.41) is 0. The third-order valence-corrected chi connectivity index (χ3v) is 2.57. The Balaban J connectivity index is 4.23. The lowest BCUT2D eigenvalue weighted by molar-refractivity contribution is 0.138. The van der Waals surface area contributed by atoms with Crippen molar-refractivity contribution < 1.29 is 4.43 Å². The first kappa shape index (κ1) is 10.7. The van der Waals surface area contributed by atoms with Gasteiger partial charge in [-0.1, -0.05) is 12.8 Å². The molecule has 0 aliphatic heterocycles. The molecule has 0 aromatic rings. The smallest absolute Gasteiger partial charge is 0.185 e. The lowest BCUT2D eigenvalue weighted by Crippen LogP contribution is -2.38. The summed E-state index contributed by atoms with van der Waals surface area (Å²) in [5.74, 6) is 2.70. The van der Waals surface area contributed by atoms with E-state index in [-0.39, 0.29) is 5.60 Å². The summed E-state index contributed by atoms with van der Waals surface area (Å²) in [5.41, 5.74) is -0.343. The molecule has 1 atom stereocenters. The Hall–Kier alpha value is -0.263. The Morgan fingerprint density at radius 3 is 2.00 bits per heavy atom. The lowest BCUT2D eigenvalue weighted by Gasteiger charge is -2.30. The van der Waals surface area contributed by atoms with Crippen molar-refractivity contribution in [3.05, 3.63) is 0 Å². The van der Waals surface area contributed by atoms with E-state index in [9.17, 15) is 0 Å². The molecule has 0 aliphatic rings. The molecule has 0 bridgehead atoms. The van der Waals surface area contributed by atoms with Crippen molar-refractivity contribution in [2.75, 3.05) is 0 Å². The molecule has 0 saturated carbocycles. The fourth-order valence-electron chi connectivity index (χ4n) is 0.879. The predicted octanol–water partition coefficient (Wildman–Crippen LogP) is 2.64. The second kappa shape index (κ2) is 3.42. The molecule has 0 aromatic heterocycles. The first-order chi connectivity index (χ1) is 4.83. The van der Waals surface area contributed by atoms with E-state index < -0.39 is 8.32 Å². The molecule has 0 heterocycles. The van der Waals surface area contributed by atoms with E-state index in [2.05, 4.69) is 32.5 Å². The van der Waals surface area contributed by atoms with Gasteiger partial charge < -0.3 is 4.43 Å². The van der Waals surface area contributed by atoms with E-state index in [1.807, 2.05) is 6.92 Å². The number of rotatable bonds is 3. The zero-order valence-corrected chi connectivity index (χ0v) is 9.19. The average Bonchev–Trinajstić information content (AvgIpc) is 1.84. The van der Waals surface area contributed by atoms with Gasteiger partial charge in [-0.3, -0.25) is 0 Å². The SMILES string of the molecule is C#C[C@](C)(CC)O[Si](C)(C)C. The highest BCUT2D eigenvalue weighted by molar-refractivity contribution is 6.69. The minimum atomic E-state index is -1.48. The Bertz CT molecular complexity index is 163. The number of terminal acetylenes is 1. The number of hydrogen-bond donors (Lipinski definition) is 0. The van der Waals surface area contributed by atoms with Crippen molar-refractivity contribution in [2.45, 2.75) is 45.5 Å². The van der Waals surface area contributed by atoms with Gasteiger partial charge in [0.1, 0.15) is 5.60 Å². The molecule has 11 heavy (non-hydrogen) atoms. The fraction of sp³-hybridized carbons (Fsp3) is 0.778. The molecule has 0 saturated heterocycles. The summed E-state index contributed by atoms with van der Waals surface area (Å²) in [7, 11) is -1.48. The normalized spacial score (nSPS) is 17.1. The molecule has 1 nitrogen and oxygen atoms in total. The van der Waals surface area contributed by atoms with E-state index >= 15 is 0 Å². The van der Waals surface area contributed by atoms with Gasteiger partial charge in [0.25, 0.3) is 0 Å². The third-order valence-electron chi connectivity index (χ3n) is 1.51. The van der Waals surface area contributed by atoms with Gasteiger partial charge in [-0.05, 0) is 33.0 Å². The molecular weight excluding hydrogens is 152 g/mol. The third kappa shape index (κ3) is 4.23. The van der Waals surface area contributed by atoms with Crippen LogP contribution in [0.15, 0.2) is 0 Å². The van der Waals surface area contributed by atoms with Crippen molar-refractivity contribution in [3.8, 4) is 12.3 Å². The van der Waals surface area contributed by atoms with E-state index in [0.29, 0.717) is 0 Å². The van der Waals surface area contributed by atoms with Crippen molar-refractivity contribution in [1.29, 1.82) is 0 Å². The van der Waals surface area contributed by atoms with Crippen LogP contribution >= 0.6 is 0 Å². The minimum Gasteiger partial charge on any atom is -0.402 e. The Kier molecular flexibility index (Phi) is 3.34. The maximum absolute atomic E-state index is 5.83. The highest BCUT2D eigenvalue weighted by Gasteiger charge is 2.27.